The highest BCUT2D eigenvalue weighted by Crippen LogP contribution is 2.22. The lowest BCUT2D eigenvalue weighted by Crippen LogP contribution is -2.13. The first-order chi connectivity index (χ1) is 11.1. The van der Waals surface area contributed by atoms with Gasteiger partial charge in [-0.2, -0.15) is 0 Å². The molecule has 0 radical (unpaired) electrons. The number of rotatable bonds is 3. The van der Waals surface area contributed by atoms with Crippen LogP contribution in [0.2, 0.25) is 0 Å². The first-order valence-corrected chi connectivity index (χ1v) is 7.39. The molecule has 4 nitrogen and oxygen atoms in total. The molecular weight excluding hydrogens is 288 g/mol. The van der Waals surface area contributed by atoms with Gasteiger partial charge in [0.1, 0.15) is 5.75 Å². The third-order valence-electron chi connectivity index (χ3n) is 3.79. The number of hydrogen-bond acceptors (Lipinski definition) is 3. The van der Waals surface area contributed by atoms with Crippen molar-refractivity contribution in [2.45, 2.75) is 13.8 Å². The summed E-state index contributed by atoms with van der Waals surface area (Å²) in [5.74, 6) is 0.637. The third kappa shape index (κ3) is 3.16. The summed E-state index contributed by atoms with van der Waals surface area (Å²) in [4.78, 5) is 16.8. The number of anilines is 1. The van der Waals surface area contributed by atoms with E-state index in [2.05, 4.69) is 10.3 Å². The smallest absolute Gasteiger partial charge is 0.255 e. The number of carbonyl (C=O) groups is 1. The number of aromatic nitrogens is 1. The fourth-order valence-electron chi connectivity index (χ4n) is 2.48. The number of aryl methyl sites for hydroxylation is 2. The zero-order valence-electron chi connectivity index (χ0n) is 13.4. The molecule has 0 aliphatic carbocycles. The quantitative estimate of drug-likeness (QED) is 0.792. The molecule has 2 aromatic carbocycles. The van der Waals surface area contributed by atoms with Gasteiger partial charge in [0.15, 0.2) is 0 Å². The van der Waals surface area contributed by atoms with E-state index < -0.39 is 0 Å². The van der Waals surface area contributed by atoms with Crippen LogP contribution in [0, 0.1) is 13.8 Å². The van der Waals surface area contributed by atoms with Crippen LogP contribution in [-0.4, -0.2) is 18.0 Å². The number of benzene rings is 2. The first-order valence-electron chi connectivity index (χ1n) is 7.39. The van der Waals surface area contributed by atoms with E-state index in [1.807, 2.05) is 56.3 Å². The summed E-state index contributed by atoms with van der Waals surface area (Å²) in [6, 6.07) is 13.4. The minimum absolute atomic E-state index is 0.124. The molecular formula is C19H18N2O2. The number of pyridine rings is 1. The van der Waals surface area contributed by atoms with E-state index in [0.29, 0.717) is 11.3 Å². The van der Waals surface area contributed by atoms with Gasteiger partial charge in [0.25, 0.3) is 5.91 Å². The molecule has 0 aliphatic rings. The first kappa shape index (κ1) is 15.0. The summed E-state index contributed by atoms with van der Waals surface area (Å²) in [7, 11) is 1.62. The summed E-state index contributed by atoms with van der Waals surface area (Å²) in [6.07, 6.45) is 1.66. The molecule has 0 saturated heterocycles. The lowest BCUT2D eigenvalue weighted by Gasteiger charge is -2.09. The van der Waals surface area contributed by atoms with Crippen molar-refractivity contribution in [1.82, 2.24) is 4.98 Å². The van der Waals surface area contributed by atoms with Crippen molar-refractivity contribution in [1.29, 1.82) is 0 Å². The van der Waals surface area contributed by atoms with Gasteiger partial charge in [0.05, 0.1) is 24.5 Å². The van der Waals surface area contributed by atoms with Crippen molar-refractivity contribution in [2.24, 2.45) is 0 Å². The maximum atomic E-state index is 12.5. The van der Waals surface area contributed by atoms with E-state index in [0.717, 1.165) is 27.8 Å². The van der Waals surface area contributed by atoms with Crippen LogP contribution in [0.25, 0.3) is 10.9 Å². The Bertz CT molecular complexity index is 888. The number of amides is 1. The van der Waals surface area contributed by atoms with Gasteiger partial charge in [-0.25, -0.2) is 0 Å². The van der Waals surface area contributed by atoms with Crippen LogP contribution in [0.3, 0.4) is 0 Å². The summed E-state index contributed by atoms with van der Waals surface area (Å²) in [6.45, 7) is 3.90. The van der Waals surface area contributed by atoms with Gasteiger partial charge in [-0.3, -0.25) is 9.78 Å². The van der Waals surface area contributed by atoms with Gasteiger partial charge in [-0.1, -0.05) is 17.7 Å². The van der Waals surface area contributed by atoms with Crippen LogP contribution in [0.1, 0.15) is 21.5 Å². The molecule has 0 aliphatic heterocycles. The molecule has 1 heterocycles. The highest BCUT2D eigenvalue weighted by atomic mass is 16.5. The van der Waals surface area contributed by atoms with Crippen LogP contribution in [0.5, 0.6) is 5.75 Å². The van der Waals surface area contributed by atoms with Crippen molar-refractivity contribution >= 4 is 22.5 Å². The second kappa shape index (κ2) is 6.08. The van der Waals surface area contributed by atoms with Gasteiger partial charge in [-0.05, 0) is 43.7 Å². The lowest BCUT2D eigenvalue weighted by molar-refractivity contribution is 0.102. The minimum Gasteiger partial charge on any atom is -0.497 e. The Kier molecular flexibility index (Phi) is 3.98. The number of fused-ring (bicyclic) bond motifs is 1. The van der Waals surface area contributed by atoms with Crippen molar-refractivity contribution in [3.05, 3.63) is 65.4 Å². The van der Waals surface area contributed by atoms with Crippen molar-refractivity contribution in [3.63, 3.8) is 0 Å². The fourth-order valence-corrected chi connectivity index (χ4v) is 2.48. The van der Waals surface area contributed by atoms with Crippen LogP contribution in [-0.2, 0) is 0 Å². The summed E-state index contributed by atoms with van der Waals surface area (Å²) >= 11 is 0. The molecule has 3 rings (SSSR count). The van der Waals surface area contributed by atoms with Gasteiger partial charge >= 0.3 is 0 Å². The largest absolute Gasteiger partial charge is 0.497 e. The Labute approximate surface area is 135 Å². The second-order valence-electron chi connectivity index (χ2n) is 5.56. The number of nitrogens with one attached hydrogen (secondary N) is 1. The third-order valence-corrected chi connectivity index (χ3v) is 3.79. The minimum atomic E-state index is -0.124. The summed E-state index contributed by atoms with van der Waals surface area (Å²) in [5.41, 5.74) is 4.19. The normalized spacial score (nSPS) is 10.6. The zero-order chi connectivity index (χ0) is 16.4. The number of hydrogen-bond donors (Lipinski definition) is 1. The molecule has 0 saturated carbocycles. The molecule has 116 valence electrons. The van der Waals surface area contributed by atoms with E-state index in [1.165, 1.54) is 0 Å². The molecule has 1 N–H and O–H groups in total. The highest BCUT2D eigenvalue weighted by Gasteiger charge is 2.10. The maximum absolute atomic E-state index is 12.5. The van der Waals surface area contributed by atoms with Crippen LogP contribution < -0.4 is 10.1 Å². The predicted octanol–water partition coefficient (Wildman–Crippen LogP) is 4.11. The molecule has 1 amide bonds. The number of carbonyl (C=O) groups excluding carboxylic acids is 1. The number of nitrogens with zero attached hydrogens (tertiary/aromatic N) is 1. The SMILES string of the molecule is COc1ccc2cc(NC(=O)c3cc(C)ccc3C)cnc2c1. The van der Waals surface area contributed by atoms with Gasteiger partial charge in [0.2, 0.25) is 0 Å². The van der Waals surface area contributed by atoms with E-state index >= 15 is 0 Å². The summed E-state index contributed by atoms with van der Waals surface area (Å²) < 4.78 is 5.19. The molecule has 0 atom stereocenters. The lowest BCUT2D eigenvalue weighted by atomic mass is 10.1. The second-order valence-corrected chi connectivity index (χ2v) is 5.56. The monoisotopic (exact) mass is 306 g/mol. The highest BCUT2D eigenvalue weighted by molar-refractivity contribution is 6.06. The van der Waals surface area contributed by atoms with Crippen molar-refractivity contribution in [3.8, 4) is 5.75 Å². The standard InChI is InChI=1S/C19H18N2O2/c1-12-4-5-13(2)17(8-12)19(22)21-15-9-14-6-7-16(23-3)10-18(14)20-11-15/h4-11H,1-3H3,(H,21,22). The molecule has 23 heavy (non-hydrogen) atoms. The van der Waals surface area contributed by atoms with Crippen LogP contribution in [0.15, 0.2) is 48.7 Å². The number of ether oxygens (including phenoxy) is 1. The van der Waals surface area contributed by atoms with Gasteiger partial charge in [-0.15, -0.1) is 0 Å². The average molecular weight is 306 g/mol. The molecule has 0 fully saturated rings. The number of methoxy groups -OCH3 is 1. The fraction of sp³-hybridized carbons (Fsp3) is 0.158. The van der Waals surface area contributed by atoms with E-state index in [-0.39, 0.29) is 5.91 Å². The van der Waals surface area contributed by atoms with Crippen molar-refractivity contribution < 1.29 is 9.53 Å². The predicted molar refractivity (Wildman–Crippen MR) is 92.2 cm³/mol. The molecule has 0 bridgehead atoms. The van der Waals surface area contributed by atoms with E-state index in [1.54, 1.807) is 13.3 Å². The van der Waals surface area contributed by atoms with E-state index in [9.17, 15) is 4.79 Å². The van der Waals surface area contributed by atoms with Crippen LogP contribution >= 0.6 is 0 Å². The summed E-state index contributed by atoms with van der Waals surface area (Å²) in [5, 5.41) is 3.86. The van der Waals surface area contributed by atoms with Crippen molar-refractivity contribution in [2.75, 3.05) is 12.4 Å². The van der Waals surface area contributed by atoms with E-state index in [4.69, 9.17) is 4.74 Å². The maximum Gasteiger partial charge on any atom is 0.255 e. The molecule has 1 aromatic heterocycles. The Morgan fingerprint density at radius 2 is 1.91 bits per heavy atom. The Balaban J connectivity index is 1.89. The van der Waals surface area contributed by atoms with Crippen LogP contribution in [0.4, 0.5) is 5.69 Å². The van der Waals surface area contributed by atoms with Gasteiger partial charge < -0.3 is 10.1 Å². The molecule has 0 spiro atoms. The Morgan fingerprint density at radius 3 is 2.70 bits per heavy atom. The van der Waals surface area contributed by atoms with Gasteiger partial charge in [0, 0.05) is 17.0 Å². The molecule has 4 heteroatoms. The Morgan fingerprint density at radius 1 is 1.09 bits per heavy atom. The molecule has 0 unspecified atom stereocenters. The molecule has 3 aromatic rings. The Hall–Kier alpha value is -2.88. The topological polar surface area (TPSA) is 51.2 Å². The zero-order valence-corrected chi connectivity index (χ0v) is 13.4. The average Bonchev–Trinajstić information content (AvgIpc) is 2.56.